The largest absolute Gasteiger partial charge is 0.342 e. The minimum Gasteiger partial charge on any atom is -0.342 e. The van der Waals surface area contributed by atoms with E-state index in [0.717, 1.165) is 38.9 Å². The fourth-order valence-electron chi connectivity index (χ4n) is 2.10. The summed E-state index contributed by atoms with van der Waals surface area (Å²) in [5, 5.41) is 3.36. The van der Waals surface area contributed by atoms with Crippen molar-refractivity contribution in [2.75, 3.05) is 32.4 Å². The van der Waals surface area contributed by atoms with Crippen molar-refractivity contribution >= 4 is 16.7 Å². The monoisotopic (exact) mass is 274 g/mol. The SMILES string of the molecule is CC(CCNCC(=O)N1CCCCCC1)S(C)=O. The van der Waals surface area contributed by atoms with Crippen molar-refractivity contribution in [1.82, 2.24) is 10.2 Å². The van der Waals surface area contributed by atoms with Crippen molar-refractivity contribution in [2.45, 2.75) is 44.3 Å². The van der Waals surface area contributed by atoms with Gasteiger partial charge in [0.15, 0.2) is 0 Å². The zero-order chi connectivity index (χ0) is 13.4. The molecule has 0 aliphatic carbocycles. The van der Waals surface area contributed by atoms with Crippen molar-refractivity contribution in [3.8, 4) is 0 Å². The summed E-state index contributed by atoms with van der Waals surface area (Å²) in [6.45, 7) is 4.99. The number of hydrogen-bond donors (Lipinski definition) is 1. The highest BCUT2D eigenvalue weighted by Gasteiger charge is 2.14. The maximum atomic E-state index is 11.9. The molecule has 1 heterocycles. The van der Waals surface area contributed by atoms with Crippen molar-refractivity contribution in [3.63, 3.8) is 0 Å². The molecule has 1 fully saturated rings. The van der Waals surface area contributed by atoms with Crippen molar-refractivity contribution in [3.05, 3.63) is 0 Å². The molecule has 5 heteroatoms. The van der Waals surface area contributed by atoms with Crippen LogP contribution in [0.5, 0.6) is 0 Å². The molecule has 2 atom stereocenters. The van der Waals surface area contributed by atoms with Crippen LogP contribution in [0.15, 0.2) is 0 Å². The third kappa shape index (κ3) is 5.96. The van der Waals surface area contributed by atoms with Gasteiger partial charge in [-0.05, 0) is 25.8 Å². The van der Waals surface area contributed by atoms with E-state index in [9.17, 15) is 9.00 Å². The van der Waals surface area contributed by atoms with Gasteiger partial charge in [-0.2, -0.15) is 0 Å². The third-order valence-corrected chi connectivity index (χ3v) is 4.90. The van der Waals surface area contributed by atoms with Crippen molar-refractivity contribution < 1.29 is 9.00 Å². The second kappa shape index (κ2) is 8.64. The first-order valence-electron chi connectivity index (χ1n) is 6.92. The van der Waals surface area contributed by atoms with E-state index in [4.69, 9.17) is 0 Å². The number of rotatable bonds is 6. The van der Waals surface area contributed by atoms with E-state index < -0.39 is 10.8 Å². The molecule has 0 bridgehead atoms. The molecular weight excluding hydrogens is 248 g/mol. The lowest BCUT2D eigenvalue weighted by Crippen LogP contribution is -2.39. The molecule has 0 aromatic rings. The standard InChI is InChI=1S/C13H26N2O2S/c1-12(18(2)17)7-8-14-11-13(16)15-9-5-3-4-6-10-15/h12,14H,3-11H2,1-2H3. The Bertz CT molecular complexity index is 276. The number of carbonyl (C=O) groups excluding carboxylic acids is 1. The number of hydrogen-bond acceptors (Lipinski definition) is 3. The molecular formula is C13H26N2O2S. The topological polar surface area (TPSA) is 49.4 Å². The fraction of sp³-hybridized carbons (Fsp3) is 0.923. The van der Waals surface area contributed by atoms with Gasteiger partial charge in [0.1, 0.15) is 0 Å². The Balaban J connectivity index is 2.14. The summed E-state index contributed by atoms with van der Waals surface area (Å²) < 4.78 is 11.2. The molecule has 106 valence electrons. The van der Waals surface area contributed by atoms with Crippen LogP contribution in [-0.2, 0) is 15.6 Å². The second-order valence-corrected chi connectivity index (χ2v) is 6.87. The number of nitrogens with one attached hydrogen (secondary N) is 1. The Morgan fingerprint density at radius 2 is 1.89 bits per heavy atom. The van der Waals surface area contributed by atoms with Gasteiger partial charge in [0.05, 0.1) is 6.54 Å². The lowest BCUT2D eigenvalue weighted by atomic mass is 10.2. The van der Waals surface area contributed by atoms with Crippen LogP contribution in [0.1, 0.15) is 39.0 Å². The summed E-state index contributed by atoms with van der Waals surface area (Å²) in [7, 11) is -0.766. The van der Waals surface area contributed by atoms with Crippen LogP contribution in [0, 0.1) is 0 Å². The summed E-state index contributed by atoms with van der Waals surface area (Å²) in [6.07, 6.45) is 7.35. The summed E-state index contributed by atoms with van der Waals surface area (Å²) >= 11 is 0. The molecule has 1 amide bonds. The first-order chi connectivity index (χ1) is 8.61. The predicted octanol–water partition coefficient (Wildman–Crippen LogP) is 1.14. The van der Waals surface area contributed by atoms with Gasteiger partial charge in [0.2, 0.25) is 5.91 Å². The highest BCUT2D eigenvalue weighted by atomic mass is 32.2. The molecule has 0 aromatic carbocycles. The van der Waals surface area contributed by atoms with Crippen molar-refractivity contribution in [1.29, 1.82) is 0 Å². The zero-order valence-electron chi connectivity index (χ0n) is 11.6. The number of likely N-dealkylation sites (tertiary alicyclic amines) is 1. The maximum Gasteiger partial charge on any atom is 0.236 e. The molecule has 0 aromatic heterocycles. The summed E-state index contributed by atoms with van der Waals surface area (Å²) in [5.41, 5.74) is 0. The molecule has 1 N–H and O–H groups in total. The molecule has 4 nitrogen and oxygen atoms in total. The predicted molar refractivity (Wildman–Crippen MR) is 76.1 cm³/mol. The third-order valence-electron chi connectivity index (χ3n) is 3.53. The van der Waals surface area contributed by atoms with E-state index in [1.165, 1.54) is 12.8 Å². The highest BCUT2D eigenvalue weighted by Crippen LogP contribution is 2.09. The van der Waals surface area contributed by atoms with Gasteiger partial charge in [-0.3, -0.25) is 9.00 Å². The average molecular weight is 274 g/mol. The van der Waals surface area contributed by atoms with Gasteiger partial charge in [-0.15, -0.1) is 0 Å². The Hall–Kier alpha value is -0.420. The number of carbonyl (C=O) groups is 1. The number of nitrogens with zero attached hydrogens (tertiary/aromatic N) is 1. The van der Waals surface area contributed by atoms with Crippen LogP contribution in [0.3, 0.4) is 0 Å². The molecule has 18 heavy (non-hydrogen) atoms. The van der Waals surface area contributed by atoms with Gasteiger partial charge in [-0.1, -0.05) is 19.8 Å². The Morgan fingerprint density at radius 1 is 1.28 bits per heavy atom. The lowest BCUT2D eigenvalue weighted by Gasteiger charge is -2.20. The fourth-order valence-corrected chi connectivity index (χ4v) is 2.55. The van der Waals surface area contributed by atoms with Gasteiger partial charge < -0.3 is 10.2 Å². The Kier molecular flexibility index (Phi) is 7.51. The normalized spacial score (nSPS) is 20.2. The highest BCUT2D eigenvalue weighted by molar-refractivity contribution is 7.84. The quantitative estimate of drug-likeness (QED) is 0.739. The first-order valence-corrected chi connectivity index (χ1v) is 8.54. The minimum atomic E-state index is -0.766. The van der Waals surface area contributed by atoms with Gasteiger partial charge in [0, 0.05) is 35.4 Å². The number of amides is 1. The Labute approximate surface area is 113 Å². The summed E-state index contributed by atoms with van der Waals surface area (Å²) in [4.78, 5) is 13.9. The molecule has 0 spiro atoms. The zero-order valence-corrected chi connectivity index (χ0v) is 12.4. The molecule has 1 rings (SSSR count). The summed E-state index contributed by atoms with van der Waals surface area (Å²) in [6, 6.07) is 0. The minimum absolute atomic E-state index is 0.200. The van der Waals surface area contributed by atoms with Crippen LogP contribution < -0.4 is 5.32 Å². The lowest BCUT2D eigenvalue weighted by molar-refractivity contribution is -0.130. The average Bonchev–Trinajstić information content (AvgIpc) is 2.62. The van der Waals surface area contributed by atoms with E-state index in [-0.39, 0.29) is 11.2 Å². The Morgan fingerprint density at radius 3 is 2.44 bits per heavy atom. The van der Waals surface area contributed by atoms with E-state index in [0.29, 0.717) is 6.54 Å². The molecule has 1 aliphatic heterocycles. The van der Waals surface area contributed by atoms with Crippen LogP contribution >= 0.6 is 0 Å². The molecule has 0 radical (unpaired) electrons. The van der Waals surface area contributed by atoms with Crippen molar-refractivity contribution in [2.24, 2.45) is 0 Å². The molecule has 2 unspecified atom stereocenters. The van der Waals surface area contributed by atoms with Crippen LogP contribution in [0.4, 0.5) is 0 Å². The van der Waals surface area contributed by atoms with E-state index in [2.05, 4.69) is 5.32 Å². The second-order valence-electron chi connectivity index (χ2n) is 5.07. The molecule has 0 saturated carbocycles. The van der Waals surface area contributed by atoms with Crippen LogP contribution in [0.2, 0.25) is 0 Å². The van der Waals surface area contributed by atoms with Crippen LogP contribution in [-0.4, -0.2) is 52.7 Å². The van der Waals surface area contributed by atoms with E-state index in [1.54, 1.807) is 6.26 Å². The summed E-state index contributed by atoms with van der Waals surface area (Å²) in [5.74, 6) is 0.210. The van der Waals surface area contributed by atoms with Gasteiger partial charge >= 0.3 is 0 Å². The van der Waals surface area contributed by atoms with Gasteiger partial charge in [-0.25, -0.2) is 0 Å². The molecule has 1 aliphatic rings. The first kappa shape index (κ1) is 15.6. The van der Waals surface area contributed by atoms with E-state index >= 15 is 0 Å². The molecule has 1 saturated heterocycles. The van der Waals surface area contributed by atoms with E-state index in [1.807, 2.05) is 11.8 Å². The maximum absolute atomic E-state index is 11.9. The van der Waals surface area contributed by atoms with Crippen LogP contribution in [0.25, 0.3) is 0 Å². The smallest absolute Gasteiger partial charge is 0.236 e. The van der Waals surface area contributed by atoms with Gasteiger partial charge in [0.25, 0.3) is 0 Å².